The van der Waals surface area contributed by atoms with Gasteiger partial charge in [-0.2, -0.15) is 5.10 Å². The number of nitrogens with zero attached hydrogens (tertiary/aromatic N) is 3. The lowest BCUT2D eigenvalue weighted by Crippen LogP contribution is -2.52. The molecule has 2 amide bonds. The van der Waals surface area contributed by atoms with E-state index >= 15 is 0 Å². The molecule has 3 heterocycles. The molecular weight excluding hydrogens is 497 g/mol. The van der Waals surface area contributed by atoms with Crippen molar-refractivity contribution in [3.05, 3.63) is 82.9 Å². The first-order chi connectivity index (χ1) is 18.8. The Kier molecular flexibility index (Phi) is 6.09. The maximum absolute atomic E-state index is 14.4. The van der Waals surface area contributed by atoms with Gasteiger partial charge < -0.3 is 15.4 Å². The van der Waals surface area contributed by atoms with Crippen LogP contribution in [0.3, 0.4) is 0 Å². The average molecular weight is 528 g/mol. The molecule has 2 atom stereocenters. The van der Waals surface area contributed by atoms with E-state index in [0.717, 1.165) is 29.7 Å². The number of aliphatic imine (C=N–C) groups is 1. The van der Waals surface area contributed by atoms with Crippen molar-refractivity contribution < 1.29 is 18.7 Å². The van der Waals surface area contributed by atoms with E-state index in [-0.39, 0.29) is 11.3 Å². The summed E-state index contributed by atoms with van der Waals surface area (Å²) in [5, 5.41) is 10.0. The largest absolute Gasteiger partial charge is 0.493 e. The third kappa shape index (κ3) is 4.51. The average Bonchev–Trinajstić information content (AvgIpc) is 3.41. The summed E-state index contributed by atoms with van der Waals surface area (Å²) in [5.41, 5.74) is 5.55. The number of amides is 2. The van der Waals surface area contributed by atoms with Crippen LogP contribution in [0.25, 0.3) is 5.57 Å². The number of ether oxygens (including phenoxy) is 1. The molecule has 2 N–H and O–H groups in total. The second-order valence-electron chi connectivity index (χ2n) is 10.7. The topological polar surface area (TPSA) is 97.6 Å². The summed E-state index contributed by atoms with van der Waals surface area (Å²) < 4.78 is 21.9. The summed E-state index contributed by atoms with van der Waals surface area (Å²) in [6.07, 6.45) is 3.17. The molecule has 1 saturated carbocycles. The molecular formula is C30H30FN5O3. The number of allylic oxidation sites excluding steroid dienone is 1. The molecule has 2 aliphatic heterocycles. The highest BCUT2D eigenvalue weighted by atomic mass is 19.1. The van der Waals surface area contributed by atoms with Gasteiger partial charge in [0.15, 0.2) is 0 Å². The van der Waals surface area contributed by atoms with E-state index < -0.39 is 23.7 Å². The summed E-state index contributed by atoms with van der Waals surface area (Å²) in [4.78, 5) is 31.8. The number of anilines is 1. The Labute approximate surface area is 226 Å². The number of hydrogen-bond acceptors (Lipinski definition) is 5. The second kappa shape index (κ2) is 9.48. The zero-order valence-electron chi connectivity index (χ0n) is 22.1. The molecule has 200 valence electrons. The Morgan fingerprint density at radius 3 is 2.54 bits per heavy atom. The van der Waals surface area contributed by atoms with Crippen molar-refractivity contribution in [3.8, 4) is 5.75 Å². The number of fused-ring (bicyclic) bond motifs is 1. The number of hydrogen-bond donors (Lipinski definition) is 2. The minimum Gasteiger partial charge on any atom is -0.493 e. The Morgan fingerprint density at radius 1 is 1.13 bits per heavy atom. The van der Waals surface area contributed by atoms with Crippen molar-refractivity contribution >= 4 is 28.8 Å². The molecule has 3 aromatic rings. The van der Waals surface area contributed by atoms with Gasteiger partial charge in [-0.15, -0.1) is 0 Å². The third-order valence-corrected chi connectivity index (χ3v) is 8.11. The Morgan fingerprint density at radius 2 is 1.90 bits per heavy atom. The lowest BCUT2D eigenvalue weighted by atomic mass is 9.75. The Balaban J connectivity index is 1.33. The predicted octanol–water partition coefficient (Wildman–Crippen LogP) is 4.50. The van der Waals surface area contributed by atoms with Crippen LogP contribution in [0, 0.1) is 11.2 Å². The summed E-state index contributed by atoms with van der Waals surface area (Å²) in [6, 6.07) is 12.6. The fourth-order valence-electron chi connectivity index (χ4n) is 5.90. The van der Waals surface area contributed by atoms with Gasteiger partial charge in [0.2, 0.25) is 5.91 Å². The van der Waals surface area contributed by atoms with Gasteiger partial charge in [-0.1, -0.05) is 12.1 Å². The number of rotatable bonds is 6. The number of halogens is 1. The summed E-state index contributed by atoms with van der Waals surface area (Å²) >= 11 is 0. The smallest absolute Gasteiger partial charge is 0.270 e. The van der Waals surface area contributed by atoms with E-state index in [9.17, 15) is 14.0 Å². The van der Waals surface area contributed by atoms with Crippen LogP contribution < -0.4 is 15.4 Å². The van der Waals surface area contributed by atoms with E-state index in [4.69, 9.17) is 4.74 Å². The molecule has 39 heavy (non-hydrogen) atoms. The zero-order valence-corrected chi connectivity index (χ0v) is 22.1. The first-order valence-electron chi connectivity index (χ1n) is 13.1. The maximum Gasteiger partial charge on any atom is 0.270 e. The zero-order chi connectivity index (χ0) is 27.3. The molecule has 2 aromatic carbocycles. The number of aryl methyl sites for hydroxylation is 1. The van der Waals surface area contributed by atoms with Gasteiger partial charge in [-0.05, 0) is 74.2 Å². The van der Waals surface area contributed by atoms with Gasteiger partial charge in [0.25, 0.3) is 5.91 Å². The monoisotopic (exact) mass is 527 g/mol. The van der Waals surface area contributed by atoms with Crippen LogP contribution in [0.4, 0.5) is 10.1 Å². The molecule has 0 radical (unpaired) electrons. The molecule has 1 aliphatic carbocycles. The summed E-state index contributed by atoms with van der Waals surface area (Å²) in [7, 11) is 1.67. The lowest BCUT2D eigenvalue weighted by molar-refractivity contribution is -0.119. The number of carbonyl (C=O) groups is 2. The number of aromatic nitrogens is 2. The molecule has 0 bridgehead atoms. The fourth-order valence-corrected chi connectivity index (χ4v) is 5.90. The van der Waals surface area contributed by atoms with Crippen molar-refractivity contribution in [2.75, 3.05) is 18.5 Å². The minimum absolute atomic E-state index is 0.325. The van der Waals surface area contributed by atoms with E-state index in [1.165, 1.54) is 28.6 Å². The van der Waals surface area contributed by atoms with Crippen molar-refractivity contribution in [3.63, 3.8) is 0 Å². The van der Waals surface area contributed by atoms with Gasteiger partial charge in [0, 0.05) is 47.1 Å². The van der Waals surface area contributed by atoms with Crippen molar-refractivity contribution in [1.82, 2.24) is 15.1 Å². The van der Waals surface area contributed by atoms with Gasteiger partial charge >= 0.3 is 0 Å². The van der Waals surface area contributed by atoms with Crippen molar-refractivity contribution in [2.45, 2.75) is 38.6 Å². The van der Waals surface area contributed by atoms with Gasteiger partial charge in [0.05, 0.1) is 13.2 Å². The molecule has 0 saturated heterocycles. The normalized spacial score (nSPS) is 19.7. The molecule has 1 spiro atoms. The van der Waals surface area contributed by atoms with Crippen molar-refractivity contribution in [2.24, 2.45) is 17.5 Å². The fraction of sp³-hybridized carbons (Fsp3) is 0.333. The predicted molar refractivity (Wildman–Crippen MR) is 146 cm³/mol. The van der Waals surface area contributed by atoms with E-state index in [0.29, 0.717) is 35.8 Å². The SMILES string of the molecule is CC1=NCC(C)=C1c1ccc(NC(=O)[C@@H](NC(=O)c2ccnn2C)C2c3cc(F)ccc3OCC23CC3)cc1. The first kappa shape index (κ1) is 25.0. The highest BCUT2D eigenvalue weighted by Gasteiger charge is 2.58. The van der Waals surface area contributed by atoms with Crippen LogP contribution in [-0.2, 0) is 11.8 Å². The second-order valence-corrected chi connectivity index (χ2v) is 10.7. The van der Waals surface area contributed by atoms with Crippen LogP contribution in [0.5, 0.6) is 5.75 Å². The van der Waals surface area contributed by atoms with Gasteiger partial charge in [-0.25, -0.2) is 4.39 Å². The number of nitrogens with one attached hydrogen (secondary N) is 2. The molecule has 3 aliphatic rings. The summed E-state index contributed by atoms with van der Waals surface area (Å²) in [5.74, 6) is -1.14. The van der Waals surface area contributed by atoms with Crippen molar-refractivity contribution in [1.29, 1.82) is 0 Å². The third-order valence-electron chi connectivity index (χ3n) is 8.11. The van der Waals surface area contributed by atoms with Crippen LogP contribution >= 0.6 is 0 Å². The maximum atomic E-state index is 14.4. The molecule has 8 nitrogen and oxygen atoms in total. The highest BCUT2D eigenvalue weighted by Crippen LogP contribution is 2.61. The van der Waals surface area contributed by atoms with Crippen LogP contribution in [-0.4, -0.2) is 46.5 Å². The number of benzene rings is 2. The quantitative estimate of drug-likeness (QED) is 0.493. The Bertz CT molecular complexity index is 1530. The number of carbonyl (C=O) groups excluding carboxylic acids is 2. The van der Waals surface area contributed by atoms with E-state index in [1.54, 1.807) is 19.2 Å². The summed E-state index contributed by atoms with van der Waals surface area (Å²) in [6.45, 7) is 5.18. The van der Waals surface area contributed by atoms with Gasteiger partial charge in [-0.3, -0.25) is 19.3 Å². The highest BCUT2D eigenvalue weighted by molar-refractivity contribution is 6.25. The first-order valence-corrected chi connectivity index (χ1v) is 13.1. The standard InChI is InChI=1S/C30H30FN5O3/c1-17-15-32-18(2)25(17)19-4-7-21(8-5-19)34-29(38)27(35-28(37)23-10-13-33-36(23)3)26-22-14-20(31)6-9-24(22)39-16-30(26)11-12-30/h4-10,13-14,26-27H,11-12,15-16H2,1-3H3,(H,34,38)(H,35,37)/t26?,27-/m0/s1. The minimum atomic E-state index is -0.965. The van der Waals surface area contributed by atoms with E-state index in [1.807, 2.05) is 31.2 Å². The lowest BCUT2D eigenvalue weighted by Gasteiger charge is -2.38. The van der Waals surface area contributed by atoms with Crippen LogP contribution in [0.2, 0.25) is 0 Å². The van der Waals surface area contributed by atoms with Crippen LogP contribution in [0.15, 0.2) is 65.3 Å². The molecule has 1 unspecified atom stereocenters. The molecule has 1 fully saturated rings. The Hall–Kier alpha value is -4.27. The van der Waals surface area contributed by atoms with Gasteiger partial charge in [0.1, 0.15) is 23.3 Å². The van der Waals surface area contributed by atoms with E-state index in [2.05, 4.69) is 27.6 Å². The molecule has 1 aromatic heterocycles. The van der Waals surface area contributed by atoms with Crippen LogP contribution in [0.1, 0.15) is 54.2 Å². The molecule has 9 heteroatoms. The molecule has 6 rings (SSSR count).